The summed E-state index contributed by atoms with van der Waals surface area (Å²) in [6, 6.07) is 0. The first-order valence-corrected chi connectivity index (χ1v) is 5.03. The van der Waals surface area contributed by atoms with Crippen molar-refractivity contribution in [3.63, 3.8) is 0 Å². The Bertz CT molecular complexity index is 248. The molecule has 0 aromatic rings. The minimum absolute atomic E-state index is 0.335. The summed E-state index contributed by atoms with van der Waals surface area (Å²) in [7, 11) is 0. The Morgan fingerprint density at radius 1 is 1.42 bits per heavy atom. The summed E-state index contributed by atoms with van der Waals surface area (Å²) >= 11 is 0. The summed E-state index contributed by atoms with van der Waals surface area (Å²) in [5.74, 6) is 1.19. The molecule has 3 rings (SSSR count). The SMILES string of the molecule is O[C@]12CC[C@H](CC3=NCC[C@@H]31)C2. The average Bonchev–Trinajstić information content (AvgIpc) is 2.59. The molecule has 1 heterocycles. The van der Waals surface area contributed by atoms with E-state index >= 15 is 0 Å². The van der Waals surface area contributed by atoms with Crippen LogP contribution in [0.1, 0.15) is 32.1 Å². The van der Waals surface area contributed by atoms with Crippen LogP contribution in [-0.4, -0.2) is 23.0 Å². The molecular formula is C10H15NO. The molecule has 0 amide bonds. The van der Waals surface area contributed by atoms with Gasteiger partial charge in [0, 0.05) is 18.2 Å². The van der Waals surface area contributed by atoms with Gasteiger partial charge in [0.1, 0.15) is 0 Å². The van der Waals surface area contributed by atoms with Crippen molar-refractivity contribution >= 4 is 5.71 Å². The maximum atomic E-state index is 10.3. The zero-order chi connectivity index (χ0) is 8.18. The smallest absolute Gasteiger partial charge is 0.0731 e. The summed E-state index contributed by atoms with van der Waals surface area (Å²) in [4.78, 5) is 4.50. The van der Waals surface area contributed by atoms with Crippen LogP contribution in [0, 0.1) is 11.8 Å². The average molecular weight is 165 g/mol. The predicted octanol–water partition coefficient (Wildman–Crippen LogP) is 1.38. The Balaban J connectivity index is 2.00. The van der Waals surface area contributed by atoms with Crippen LogP contribution in [0.15, 0.2) is 4.99 Å². The molecule has 12 heavy (non-hydrogen) atoms. The number of aliphatic imine (C=N–C) groups is 1. The first-order chi connectivity index (χ1) is 5.78. The molecule has 1 N–H and O–H groups in total. The van der Waals surface area contributed by atoms with Crippen LogP contribution in [0.2, 0.25) is 0 Å². The van der Waals surface area contributed by atoms with Crippen LogP contribution in [0.3, 0.4) is 0 Å². The van der Waals surface area contributed by atoms with Gasteiger partial charge in [-0.3, -0.25) is 4.99 Å². The van der Waals surface area contributed by atoms with E-state index in [2.05, 4.69) is 4.99 Å². The van der Waals surface area contributed by atoms with Gasteiger partial charge in [0.05, 0.1) is 5.60 Å². The van der Waals surface area contributed by atoms with Crippen molar-refractivity contribution in [2.75, 3.05) is 6.54 Å². The Morgan fingerprint density at radius 3 is 3.25 bits per heavy atom. The van der Waals surface area contributed by atoms with Gasteiger partial charge in [-0.25, -0.2) is 0 Å². The topological polar surface area (TPSA) is 32.6 Å². The fraction of sp³-hybridized carbons (Fsp3) is 0.900. The quantitative estimate of drug-likeness (QED) is 0.578. The number of nitrogens with zero attached hydrogens (tertiary/aromatic N) is 1. The van der Waals surface area contributed by atoms with Crippen molar-refractivity contribution in [1.82, 2.24) is 0 Å². The molecule has 2 fully saturated rings. The summed E-state index contributed by atoms with van der Waals surface area (Å²) in [6.45, 7) is 0.967. The maximum absolute atomic E-state index is 10.3. The van der Waals surface area contributed by atoms with Gasteiger partial charge in [-0.15, -0.1) is 0 Å². The molecule has 2 saturated carbocycles. The maximum Gasteiger partial charge on any atom is 0.0731 e. The van der Waals surface area contributed by atoms with Crippen molar-refractivity contribution in [3.8, 4) is 0 Å². The third kappa shape index (κ3) is 0.764. The molecule has 0 spiro atoms. The van der Waals surface area contributed by atoms with Crippen molar-refractivity contribution in [1.29, 1.82) is 0 Å². The van der Waals surface area contributed by atoms with Gasteiger partial charge in [0.25, 0.3) is 0 Å². The lowest BCUT2D eigenvalue weighted by atomic mass is 9.75. The third-order valence-corrected chi connectivity index (χ3v) is 3.91. The number of hydrogen-bond donors (Lipinski definition) is 1. The molecule has 3 aliphatic rings. The second kappa shape index (κ2) is 2.11. The van der Waals surface area contributed by atoms with Gasteiger partial charge in [0.2, 0.25) is 0 Å². The van der Waals surface area contributed by atoms with Crippen LogP contribution in [0.4, 0.5) is 0 Å². The Hall–Kier alpha value is -0.370. The highest BCUT2D eigenvalue weighted by Gasteiger charge is 2.50. The highest BCUT2D eigenvalue weighted by molar-refractivity contribution is 5.90. The summed E-state index contributed by atoms with van der Waals surface area (Å²) in [6.07, 6.45) is 5.61. The van der Waals surface area contributed by atoms with Crippen molar-refractivity contribution in [2.45, 2.75) is 37.7 Å². The van der Waals surface area contributed by atoms with Gasteiger partial charge in [0.15, 0.2) is 0 Å². The lowest BCUT2D eigenvalue weighted by Gasteiger charge is -2.35. The molecule has 66 valence electrons. The van der Waals surface area contributed by atoms with E-state index in [1.807, 2.05) is 0 Å². The van der Waals surface area contributed by atoms with Gasteiger partial charge in [-0.1, -0.05) is 0 Å². The third-order valence-electron chi connectivity index (χ3n) is 3.91. The Morgan fingerprint density at radius 2 is 2.33 bits per heavy atom. The molecule has 1 aliphatic heterocycles. The van der Waals surface area contributed by atoms with Crippen molar-refractivity contribution in [2.24, 2.45) is 16.8 Å². The number of aliphatic hydroxyl groups is 1. The van der Waals surface area contributed by atoms with Crippen LogP contribution in [0.25, 0.3) is 0 Å². The standard InChI is InChI=1S/C10H15NO/c12-10-3-1-7(6-10)5-9-8(10)2-4-11-9/h7-8,12H,1-6H2/t7-,8+,10+/m1/s1. The second-order valence-electron chi connectivity index (χ2n) is 4.63. The molecule has 2 bridgehead atoms. The van der Waals surface area contributed by atoms with E-state index in [1.165, 1.54) is 18.6 Å². The fourth-order valence-corrected chi connectivity index (χ4v) is 3.34. The zero-order valence-corrected chi connectivity index (χ0v) is 7.29. The Labute approximate surface area is 72.7 Å². The first kappa shape index (κ1) is 7.07. The highest BCUT2D eigenvalue weighted by Crippen LogP contribution is 2.49. The minimum atomic E-state index is -0.335. The zero-order valence-electron chi connectivity index (χ0n) is 7.29. The highest BCUT2D eigenvalue weighted by atomic mass is 16.3. The fourth-order valence-electron chi connectivity index (χ4n) is 3.34. The van der Waals surface area contributed by atoms with Crippen molar-refractivity contribution < 1.29 is 5.11 Å². The number of hydrogen-bond acceptors (Lipinski definition) is 2. The van der Waals surface area contributed by atoms with Crippen LogP contribution in [-0.2, 0) is 0 Å². The molecule has 0 saturated heterocycles. The van der Waals surface area contributed by atoms with E-state index in [0.29, 0.717) is 5.92 Å². The van der Waals surface area contributed by atoms with Gasteiger partial charge in [-0.05, 0) is 38.0 Å². The van der Waals surface area contributed by atoms with Crippen LogP contribution < -0.4 is 0 Å². The lowest BCUT2D eigenvalue weighted by molar-refractivity contribution is 0.00430. The summed E-state index contributed by atoms with van der Waals surface area (Å²) < 4.78 is 0. The number of rotatable bonds is 0. The van der Waals surface area contributed by atoms with Crippen molar-refractivity contribution in [3.05, 3.63) is 0 Å². The molecule has 0 radical (unpaired) electrons. The van der Waals surface area contributed by atoms with Crippen LogP contribution in [0.5, 0.6) is 0 Å². The summed E-state index contributed by atoms with van der Waals surface area (Å²) in [5, 5.41) is 10.3. The number of fused-ring (bicyclic) bond motifs is 4. The normalized spacial score (nSPS) is 50.6. The molecule has 2 heteroatoms. The monoisotopic (exact) mass is 165 g/mol. The summed E-state index contributed by atoms with van der Waals surface area (Å²) in [5.41, 5.74) is 1.00. The molecule has 2 aliphatic carbocycles. The minimum Gasteiger partial charge on any atom is -0.389 e. The van der Waals surface area contributed by atoms with Gasteiger partial charge in [-0.2, -0.15) is 0 Å². The molecule has 3 atom stereocenters. The van der Waals surface area contributed by atoms with E-state index in [1.54, 1.807) is 0 Å². The largest absolute Gasteiger partial charge is 0.389 e. The second-order valence-corrected chi connectivity index (χ2v) is 4.63. The van der Waals surface area contributed by atoms with E-state index < -0.39 is 0 Å². The van der Waals surface area contributed by atoms with E-state index in [0.717, 1.165) is 31.7 Å². The molecule has 2 nitrogen and oxygen atoms in total. The van der Waals surface area contributed by atoms with Crippen LogP contribution >= 0.6 is 0 Å². The molecule has 0 aromatic carbocycles. The van der Waals surface area contributed by atoms with E-state index in [-0.39, 0.29) is 5.60 Å². The molecular weight excluding hydrogens is 150 g/mol. The lowest BCUT2D eigenvalue weighted by Crippen LogP contribution is -2.41. The predicted molar refractivity (Wildman–Crippen MR) is 47.3 cm³/mol. The van der Waals surface area contributed by atoms with E-state index in [4.69, 9.17) is 0 Å². The molecule has 0 aromatic heterocycles. The molecule has 0 unspecified atom stereocenters. The van der Waals surface area contributed by atoms with Gasteiger partial charge >= 0.3 is 0 Å². The van der Waals surface area contributed by atoms with E-state index in [9.17, 15) is 5.11 Å². The van der Waals surface area contributed by atoms with Gasteiger partial charge < -0.3 is 5.11 Å². The Kier molecular flexibility index (Phi) is 1.24. The first-order valence-electron chi connectivity index (χ1n) is 5.03.